The van der Waals surface area contributed by atoms with Crippen LogP contribution in [0.15, 0.2) is 35.3 Å². The lowest BCUT2D eigenvalue weighted by Gasteiger charge is -2.36. The molecule has 1 aromatic rings. The van der Waals surface area contributed by atoms with Gasteiger partial charge in [-0.2, -0.15) is 0 Å². The largest absolute Gasteiger partial charge is 0.379 e. The summed E-state index contributed by atoms with van der Waals surface area (Å²) in [6, 6.07) is 10.4. The van der Waals surface area contributed by atoms with Crippen LogP contribution in [0.5, 0.6) is 0 Å². The number of amides is 1. The van der Waals surface area contributed by atoms with E-state index in [1.54, 1.807) is 0 Å². The average Bonchev–Trinajstić information content (AvgIpc) is 3.59. The molecule has 0 atom stereocenters. The van der Waals surface area contributed by atoms with Gasteiger partial charge in [0, 0.05) is 58.6 Å². The molecule has 7 nitrogen and oxygen atoms in total. The Morgan fingerprint density at radius 1 is 1.20 bits per heavy atom. The van der Waals surface area contributed by atoms with Gasteiger partial charge >= 0.3 is 0 Å². The van der Waals surface area contributed by atoms with E-state index in [2.05, 4.69) is 39.5 Å². The Kier molecular flexibility index (Phi) is 10.7. The van der Waals surface area contributed by atoms with E-state index >= 15 is 0 Å². The summed E-state index contributed by atoms with van der Waals surface area (Å²) in [6.07, 6.45) is 2.61. The van der Waals surface area contributed by atoms with E-state index in [-0.39, 0.29) is 36.4 Å². The summed E-state index contributed by atoms with van der Waals surface area (Å²) in [5.74, 6) is 1.63. The minimum atomic E-state index is 0. The Bertz CT molecular complexity index is 661. The van der Waals surface area contributed by atoms with E-state index in [0.717, 1.165) is 57.8 Å². The topological polar surface area (TPSA) is 60.4 Å². The molecule has 1 amide bonds. The number of aliphatic imine (C=N–C) groups is 1. The third-order valence-electron chi connectivity index (χ3n) is 5.44. The van der Waals surface area contributed by atoms with Crippen LogP contribution in [-0.4, -0.2) is 87.7 Å². The normalized spacial score (nSPS) is 16.8. The van der Waals surface area contributed by atoms with Gasteiger partial charge in [-0.3, -0.25) is 4.79 Å². The van der Waals surface area contributed by atoms with Crippen molar-refractivity contribution in [1.29, 1.82) is 0 Å². The van der Waals surface area contributed by atoms with Gasteiger partial charge in [0.05, 0.1) is 6.61 Å². The number of hydrogen-bond acceptors (Lipinski definition) is 4. The van der Waals surface area contributed by atoms with Gasteiger partial charge in [0.1, 0.15) is 6.54 Å². The summed E-state index contributed by atoms with van der Waals surface area (Å²) in [5.41, 5.74) is 1.22. The Balaban J connectivity index is 0.00000320. The van der Waals surface area contributed by atoms with Crippen molar-refractivity contribution in [3.8, 4) is 0 Å². The van der Waals surface area contributed by atoms with E-state index in [9.17, 15) is 4.79 Å². The third-order valence-corrected chi connectivity index (χ3v) is 5.44. The SMILES string of the molecule is CCNC(=NCC(=O)N1CCN(c2ccccc2)CC1)N(C)CCOCC1CC1.I. The van der Waals surface area contributed by atoms with E-state index < -0.39 is 0 Å². The maximum absolute atomic E-state index is 12.6. The van der Waals surface area contributed by atoms with Crippen molar-refractivity contribution in [3.05, 3.63) is 30.3 Å². The molecule has 1 aliphatic carbocycles. The molecule has 30 heavy (non-hydrogen) atoms. The second-order valence-corrected chi connectivity index (χ2v) is 7.81. The number of halogens is 1. The molecule has 1 saturated heterocycles. The highest BCUT2D eigenvalue weighted by atomic mass is 127. The molecular formula is C22H36IN5O2. The predicted octanol–water partition coefficient (Wildman–Crippen LogP) is 2.28. The number of ether oxygens (including phenoxy) is 1. The first-order valence-electron chi connectivity index (χ1n) is 10.8. The number of anilines is 1. The minimum absolute atomic E-state index is 0. The Morgan fingerprint density at radius 2 is 1.90 bits per heavy atom. The zero-order valence-electron chi connectivity index (χ0n) is 18.3. The standard InChI is InChI=1S/C22H35N5O2.HI/c1-3-23-22(25(2)15-16-29-18-19-9-10-19)24-17-21(28)27-13-11-26(12-14-27)20-7-5-4-6-8-20;/h4-8,19H,3,9-18H2,1-2H3,(H,23,24);1H. The number of hydrogen-bond donors (Lipinski definition) is 1. The molecule has 0 spiro atoms. The molecule has 1 saturated carbocycles. The van der Waals surface area contributed by atoms with Crippen LogP contribution in [0.3, 0.4) is 0 Å². The number of guanidine groups is 1. The van der Waals surface area contributed by atoms with E-state index in [4.69, 9.17) is 4.74 Å². The molecule has 1 aliphatic heterocycles. The molecule has 2 aliphatic rings. The quantitative estimate of drug-likeness (QED) is 0.230. The summed E-state index contributed by atoms with van der Waals surface area (Å²) in [4.78, 5) is 23.5. The number of rotatable bonds is 9. The number of benzene rings is 1. The highest BCUT2D eigenvalue weighted by molar-refractivity contribution is 14.0. The molecular weight excluding hydrogens is 493 g/mol. The number of nitrogens with one attached hydrogen (secondary N) is 1. The Hall–Kier alpha value is -1.55. The highest BCUT2D eigenvalue weighted by Crippen LogP contribution is 2.28. The number of likely N-dealkylation sites (N-methyl/N-ethyl adjacent to an activating group) is 1. The zero-order valence-corrected chi connectivity index (χ0v) is 20.6. The Labute approximate surface area is 197 Å². The van der Waals surface area contributed by atoms with Crippen molar-refractivity contribution >= 4 is 41.5 Å². The van der Waals surface area contributed by atoms with E-state index in [0.29, 0.717) is 6.61 Å². The molecule has 2 fully saturated rings. The van der Waals surface area contributed by atoms with Gasteiger partial charge in [-0.15, -0.1) is 24.0 Å². The van der Waals surface area contributed by atoms with Crippen LogP contribution in [0.25, 0.3) is 0 Å². The van der Waals surface area contributed by atoms with Gasteiger partial charge in [-0.25, -0.2) is 4.99 Å². The molecule has 0 unspecified atom stereocenters. The monoisotopic (exact) mass is 529 g/mol. The number of para-hydroxylation sites is 1. The van der Waals surface area contributed by atoms with Gasteiger partial charge in [-0.05, 0) is 37.8 Å². The summed E-state index contributed by atoms with van der Waals surface area (Å²) in [7, 11) is 1.99. The number of carbonyl (C=O) groups is 1. The second-order valence-electron chi connectivity index (χ2n) is 7.81. The van der Waals surface area contributed by atoms with Crippen LogP contribution in [0.2, 0.25) is 0 Å². The van der Waals surface area contributed by atoms with Crippen molar-refractivity contribution in [3.63, 3.8) is 0 Å². The molecule has 1 aromatic carbocycles. The average molecular weight is 529 g/mol. The smallest absolute Gasteiger partial charge is 0.244 e. The maximum atomic E-state index is 12.6. The molecule has 3 rings (SSSR count). The van der Waals surface area contributed by atoms with Crippen molar-refractivity contribution in [2.75, 3.05) is 71.0 Å². The lowest BCUT2D eigenvalue weighted by molar-refractivity contribution is -0.129. The molecule has 0 radical (unpaired) electrons. The maximum Gasteiger partial charge on any atom is 0.244 e. The summed E-state index contributed by atoms with van der Waals surface area (Å²) >= 11 is 0. The van der Waals surface area contributed by atoms with Crippen molar-refractivity contribution in [2.24, 2.45) is 10.9 Å². The number of carbonyl (C=O) groups excluding carboxylic acids is 1. The lowest BCUT2D eigenvalue weighted by atomic mass is 10.2. The van der Waals surface area contributed by atoms with Crippen LogP contribution in [-0.2, 0) is 9.53 Å². The number of nitrogens with zero attached hydrogens (tertiary/aromatic N) is 4. The second kappa shape index (κ2) is 13.0. The van der Waals surface area contributed by atoms with Crippen molar-refractivity contribution in [2.45, 2.75) is 19.8 Å². The van der Waals surface area contributed by atoms with Crippen molar-refractivity contribution in [1.82, 2.24) is 15.1 Å². The van der Waals surface area contributed by atoms with Gasteiger partial charge < -0.3 is 24.8 Å². The highest BCUT2D eigenvalue weighted by Gasteiger charge is 2.22. The third kappa shape index (κ3) is 7.94. The Morgan fingerprint density at radius 3 is 2.53 bits per heavy atom. The fourth-order valence-electron chi connectivity index (χ4n) is 3.41. The molecule has 0 bridgehead atoms. The first-order chi connectivity index (χ1) is 14.2. The van der Waals surface area contributed by atoms with Crippen LogP contribution in [0.1, 0.15) is 19.8 Å². The van der Waals surface area contributed by atoms with E-state index in [1.165, 1.54) is 18.5 Å². The summed E-state index contributed by atoms with van der Waals surface area (Å²) < 4.78 is 5.72. The van der Waals surface area contributed by atoms with Crippen LogP contribution in [0.4, 0.5) is 5.69 Å². The van der Waals surface area contributed by atoms with Crippen LogP contribution < -0.4 is 10.2 Å². The van der Waals surface area contributed by atoms with Gasteiger partial charge in [-0.1, -0.05) is 18.2 Å². The summed E-state index contributed by atoms with van der Waals surface area (Å²) in [6.45, 7) is 8.52. The lowest BCUT2D eigenvalue weighted by Crippen LogP contribution is -2.49. The van der Waals surface area contributed by atoms with Crippen LogP contribution >= 0.6 is 24.0 Å². The fourth-order valence-corrected chi connectivity index (χ4v) is 3.41. The first kappa shape index (κ1) is 24.7. The molecule has 1 N–H and O–H groups in total. The first-order valence-corrected chi connectivity index (χ1v) is 10.8. The van der Waals surface area contributed by atoms with Gasteiger partial charge in [0.2, 0.25) is 5.91 Å². The summed E-state index contributed by atoms with van der Waals surface area (Å²) in [5, 5.41) is 3.27. The molecule has 168 valence electrons. The van der Waals surface area contributed by atoms with Gasteiger partial charge in [0.15, 0.2) is 5.96 Å². The predicted molar refractivity (Wildman–Crippen MR) is 133 cm³/mol. The van der Waals surface area contributed by atoms with Gasteiger partial charge in [0.25, 0.3) is 0 Å². The molecule has 8 heteroatoms. The molecule has 0 aromatic heterocycles. The minimum Gasteiger partial charge on any atom is -0.379 e. The van der Waals surface area contributed by atoms with Crippen molar-refractivity contribution < 1.29 is 9.53 Å². The van der Waals surface area contributed by atoms with E-state index in [1.807, 2.05) is 29.8 Å². The zero-order chi connectivity index (χ0) is 20.5. The molecule has 1 heterocycles. The van der Waals surface area contributed by atoms with Crippen LogP contribution in [0, 0.1) is 5.92 Å². The fraction of sp³-hybridized carbons (Fsp3) is 0.636. The number of piperazine rings is 1.